The zero-order valence-corrected chi connectivity index (χ0v) is 11.3. The van der Waals surface area contributed by atoms with Gasteiger partial charge in [0.05, 0.1) is 0 Å². The topological polar surface area (TPSA) is 51.1 Å². The van der Waals surface area contributed by atoms with Gasteiger partial charge in [0.15, 0.2) is 0 Å². The van der Waals surface area contributed by atoms with Crippen LogP contribution >= 0.6 is 0 Å². The molecular formula is C16H16N2O2. The minimum Gasteiger partial charge on any atom is -0.349 e. The van der Waals surface area contributed by atoms with E-state index in [1.54, 1.807) is 19.3 Å². The highest BCUT2D eigenvalue weighted by Gasteiger charge is 2.22. The summed E-state index contributed by atoms with van der Waals surface area (Å²) in [5.41, 5.74) is 2.83. The predicted octanol–water partition coefficient (Wildman–Crippen LogP) is 1.28. The minimum absolute atomic E-state index is 0.115. The van der Waals surface area contributed by atoms with Crippen LogP contribution in [0.1, 0.15) is 21.5 Å². The first-order valence-electron chi connectivity index (χ1n) is 6.68. The number of rotatable bonds is 2. The van der Waals surface area contributed by atoms with E-state index in [9.17, 15) is 9.59 Å². The summed E-state index contributed by atoms with van der Waals surface area (Å²) >= 11 is 0. The fourth-order valence-corrected chi connectivity index (χ4v) is 2.62. The molecule has 0 bridgehead atoms. The Bertz CT molecular complexity index is 693. The molecular weight excluding hydrogens is 252 g/mol. The van der Waals surface area contributed by atoms with Gasteiger partial charge >= 0.3 is 0 Å². The molecule has 1 aromatic carbocycles. The molecule has 1 aliphatic carbocycles. The van der Waals surface area contributed by atoms with Crippen molar-refractivity contribution >= 4 is 5.91 Å². The third kappa shape index (κ3) is 2.37. The Kier molecular flexibility index (Phi) is 3.14. The highest BCUT2D eigenvalue weighted by Crippen LogP contribution is 2.21. The van der Waals surface area contributed by atoms with Gasteiger partial charge in [-0.3, -0.25) is 9.59 Å². The van der Waals surface area contributed by atoms with Crippen molar-refractivity contribution in [2.45, 2.75) is 18.9 Å². The van der Waals surface area contributed by atoms with E-state index in [-0.39, 0.29) is 17.5 Å². The van der Waals surface area contributed by atoms with Crippen LogP contribution in [0.25, 0.3) is 0 Å². The number of hydrogen-bond donors (Lipinski definition) is 1. The van der Waals surface area contributed by atoms with Crippen molar-refractivity contribution in [3.05, 3.63) is 69.6 Å². The molecule has 102 valence electrons. The van der Waals surface area contributed by atoms with Crippen molar-refractivity contribution in [1.29, 1.82) is 0 Å². The van der Waals surface area contributed by atoms with Crippen molar-refractivity contribution < 1.29 is 4.79 Å². The highest BCUT2D eigenvalue weighted by molar-refractivity contribution is 5.94. The average Bonchev–Trinajstić information content (AvgIpc) is 2.83. The SMILES string of the molecule is Cn1ccc(C(=O)NC2Cc3ccccc3C2)cc1=O. The van der Waals surface area contributed by atoms with E-state index in [0.29, 0.717) is 5.56 Å². The number of carbonyl (C=O) groups excluding carboxylic acids is 1. The molecule has 0 atom stereocenters. The number of hydrogen-bond acceptors (Lipinski definition) is 2. The van der Waals surface area contributed by atoms with Gasteiger partial charge in [-0.1, -0.05) is 24.3 Å². The summed E-state index contributed by atoms with van der Waals surface area (Å²) in [6.45, 7) is 0. The van der Waals surface area contributed by atoms with Gasteiger partial charge in [-0.15, -0.1) is 0 Å². The maximum absolute atomic E-state index is 12.2. The predicted molar refractivity (Wildman–Crippen MR) is 76.8 cm³/mol. The van der Waals surface area contributed by atoms with Crippen LogP contribution in [-0.2, 0) is 19.9 Å². The van der Waals surface area contributed by atoms with E-state index < -0.39 is 0 Å². The lowest BCUT2D eigenvalue weighted by molar-refractivity contribution is 0.0938. The van der Waals surface area contributed by atoms with Crippen molar-refractivity contribution in [2.75, 3.05) is 0 Å². The summed E-state index contributed by atoms with van der Waals surface area (Å²) in [6.07, 6.45) is 3.32. The standard InChI is InChI=1S/C16H16N2O2/c1-18-7-6-13(10-15(18)19)16(20)17-14-8-11-4-2-3-5-12(11)9-14/h2-7,10,14H,8-9H2,1H3,(H,17,20). The minimum atomic E-state index is -0.180. The first kappa shape index (κ1) is 12.7. The zero-order valence-electron chi connectivity index (χ0n) is 11.3. The Hall–Kier alpha value is -2.36. The van der Waals surface area contributed by atoms with Crippen LogP contribution in [0.15, 0.2) is 47.4 Å². The fourth-order valence-electron chi connectivity index (χ4n) is 2.62. The normalized spacial score (nSPS) is 14.1. The Morgan fingerprint density at radius 1 is 1.20 bits per heavy atom. The van der Waals surface area contributed by atoms with E-state index >= 15 is 0 Å². The summed E-state index contributed by atoms with van der Waals surface area (Å²) in [5, 5.41) is 3.00. The average molecular weight is 268 g/mol. The lowest BCUT2D eigenvalue weighted by atomic mass is 10.1. The molecule has 0 unspecified atom stereocenters. The first-order chi connectivity index (χ1) is 9.63. The van der Waals surface area contributed by atoms with Crippen molar-refractivity contribution in [3.63, 3.8) is 0 Å². The maximum Gasteiger partial charge on any atom is 0.251 e. The zero-order chi connectivity index (χ0) is 14.1. The van der Waals surface area contributed by atoms with Crippen LogP contribution in [0.4, 0.5) is 0 Å². The third-order valence-electron chi connectivity index (χ3n) is 3.75. The molecule has 0 spiro atoms. The molecule has 2 aromatic rings. The molecule has 20 heavy (non-hydrogen) atoms. The van der Waals surface area contributed by atoms with Gasteiger partial charge < -0.3 is 9.88 Å². The molecule has 0 saturated carbocycles. The van der Waals surface area contributed by atoms with Gasteiger partial charge in [0.1, 0.15) is 0 Å². The Balaban J connectivity index is 1.72. The molecule has 1 aromatic heterocycles. The van der Waals surface area contributed by atoms with Crippen LogP contribution in [0.5, 0.6) is 0 Å². The second-order valence-electron chi connectivity index (χ2n) is 5.21. The molecule has 3 rings (SSSR count). The molecule has 0 fully saturated rings. The largest absolute Gasteiger partial charge is 0.349 e. The summed E-state index contributed by atoms with van der Waals surface area (Å²) in [4.78, 5) is 23.7. The lowest BCUT2D eigenvalue weighted by Gasteiger charge is -2.12. The second kappa shape index (κ2) is 4.96. The molecule has 1 N–H and O–H groups in total. The number of carbonyl (C=O) groups is 1. The number of pyridine rings is 1. The number of nitrogens with one attached hydrogen (secondary N) is 1. The quantitative estimate of drug-likeness (QED) is 0.892. The van der Waals surface area contributed by atoms with Crippen LogP contribution in [0, 0.1) is 0 Å². The Morgan fingerprint density at radius 2 is 1.85 bits per heavy atom. The van der Waals surface area contributed by atoms with Crippen LogP contribution in [0.2, 0.25) is 0 Å². The molecule has 1 amide bonds. The highest BCUT2D eigenvalue weighted by atomic mass is 16.2. The van der Waals surface area contributed by atoms with Crippen molar-refractivity contribution in [2.24, 2.45) is 7.05 Å². The monoisotopic (exact) mass is 268 g/mol. The fraction of sp³-hybridized carbons (Fsp3) is 0.250. The van der Waals surface area contributed by atoms with Crippen molar-refractivity contribution in [3.8, 4) is 0 Å². The summed E-state index contributed by atoms with van der Waals surface area (Å²) in [6, 6.07) is 11.4. The number of fused-ring (bicyclic) bond motifs is 1. The smallest absolute Gasteiger partial charge is 0.251 e. The number of amides is 1. The van der Waals surface area contributed by atoms with E-state index in [1.165, 1.54) is 21.8 Å². The molecule has 1 aliphatic rings. The number of aromatic nitrogens is 1. The van der Waals surface area contributed by atoms with Gasteiger partial charge in [0.2, 0.25) is 0 Å². The molecule has 1 heterocycles. The Morgan fingerprint density at radius 3 is 2.45 bits per heavy atom. The van der Waals surface area contributed by atoms with Gasteiger partial charge in [-0.25, -0.2) is 0 Å². The maximum atomic E-state index is 12.2. The first-order valence-corrected chi connectivity index (χ1v) is 6.68. The summed E-state index contributed by atoms with van der Waals surface area (Å²) in [5.74, 6) is -0.180. The van der Waals surface area contributed by atoms with E-state index in [1.807, 2.05) is 12.1 Å². The van der Waals surface area contributed by atoms with Crippen LogP contribution in [-0.4, -0.2) is 16.5 Å². The number of nitrogens with zero attached hydrogens (tertiary/aromatic N) is 1. The van der Waals surface area contributed by atoms with Gasteiger partial charge in [-0.2, -0.15) is 0 Å². The van der Waals surface area contributed by atoms with E-state index in [2.05, 4.69) is 17.4 Å². The van der Waals surface area contributed by atoms with E-state index in [4.69, 9.17) is 0 Å². The molecule has 0 radical (unpaired) electrons. The van der Waals surface area contributed by atoms with Crippen molar-refractivity contribution in [1.82, 2.24) is 9.88 Å². The number of benzene rings is 1. The van der Waals surface area contributed by atoms with Gasteiger partial charge in [0.25, 0.3) is 11.5 Å². The second-order valence-corrected chi connectivity index (χ2v) is 5.21. The summed E-state index contributed by atoms with van der Waals surface area (Å²) < 4.78 is 1.45. The van der Waals surface area contributed by atoms with E-state index in [0.717, 1.165) is 12.8 Å². The lowest BCUT2D eigenvalue weighted by Crippen LogP contribution is -2.36. The summed E-state index contributed by atoms with van der Waals surface area (Å²) in [7, 11) is 1.66. The number of aryl methyl sites for hydroxylation is 1. The third-order valence-corrected chi connectivity index (χ3v) is 3.75. The molecule has 4 heteroatoms. The van der Waals surface area contributed by atoms with Crippen LogP contribution < -0.4 is 10.9 Å². The van der Waals surface area contributed by atoms with Gasteiger partial charge in [0, 0.05) is 30.9 Å². The molecule has 4 nitrogen and oxygen atoms in total. The molecule has 0 aliphatic heterocycles. The Labute approximate surface area is 117 Å². The molecule has 0 saturated heterocycles. The van der Waals surface area contributed by atoms with Gasteiger partial charge in [-0.05, 0) is 30.0 Å². The van der Waals surface area contributed by atoms with Crippen LogP contribution in [0.3, 0.4) is 0 Å².